The third-order valence-corrected chi connectivity index (χ3v) is 6.59. The highest BCUT2D eigenvalue weighted by Gasteiger charge is 2.21. The second-order valence-electron chi connectivity index (χ2n) is 7.69. The van der Waals surface area contributed by atoms with Gasteiger partial charge in [0.05, 0.1) is 11.7 Å². The van der Waals surface area contributed by atoms with E-state index in [4.69, 9.17) is 5.73 Å². The van der Waals surface area contributed by atoms with Crippen LogP contribution in [0.2, 0.25) is 0 Å². The molecule has 1 aliphatic carbocycles. The van der Waals surface area contributed by atoms with Crippen LogP contribution in [0.25, 0.3) is 11.1 Å². The average molecular weight is 419 g/mol. The normalized spacial score (nSPS) is 18.7. The second-order valence-corrected chi connectivity index (χ2v) is 8.80. The molecule has 4 nitrogen and oxygen atoms in total. The van der Waals surface area contributed by atoms with Crippen LogP contribution in [-0.4, -0.2) is 23.2 Å². The molecule has 154 valence electrons. The first kappa shape index (κ1) is 20.5. The van der Waals surface area contributed by atoms with Gasteiger partial charge in [-0.3, -0.25) is 4.79 Å². The monoisotopic (exact) mass is 418 g/mol. The van der Waals surface area contributed by atoms with E-state index in [1.54, 1.807) is 11.8 Å². The van der Waals surface area contributed by atoms with Crippen LogP contribution in [0.5, 0.6) is 0 Å². The van der Waals surface area contributed by atoms with Crippen molar-refractivity contribution in [3.05, 3.63) is 78.4 Å². The lowest BCUT2D eigenvalue weighted by molar-refractivity contribution is 0.100. The lowest BCUT2D eigenvalue weighted by Gasteiger charge is -2.28. The molecular formula is C25H26N2O2S. The first-order chi connectivity index (χ1) is 14.6. The summed E-state index contributed by atoms with van der Waals surface area (Å²) in [5.41, 5.74) is 9.06. The van der Waals surface area contributed by atoms with Crippen LogP contribution in [0.4, 0.5) is 5.69 Å². The Hall–Kier alpha value is -2.76. The van der Waals surface area contributed by atoms with Crippen LogP contribution in [0.15, 0.2) is 82.6 Å². The van der Waals surface area contributed by atoms with E-state index < -0.39 is 5.91 Å². The Balaban J connectivity index is 1.66. The molecule has 3 aromatic rings. The van der Waals surface area contributed by atoms with E-state index in [2.05, 4.69) is 29.6 Å². The summed E-state index contributed by atoms with van der Waals surface area (Å²) < 4.78 is 0. The standard InChI is InChI=1S/C25H26N2O2S/c26-25(29)22-15-10-17(16-23(22)27-18-11-13-19(28)14-12-18)21-8-4-5-9-24(21)30-20-6-2-1-3-7-20/h1-10,15-16,18-19,27-28H,11-14H2,(H2,26,29)/t18-,19-. The molecule has 0 bridgehead atoms. The summed E-state index contributed by atoms with van der Waals surface area (Å²) in [5.74, 6) is -0.438. The van der Waals surface area contributed by atoms with Crippen LogP contribution in [-0.2, 0) is 0 Å². The van der Waals surface area contributed by atoms with Gasteiger partial charge in [0.15, 0.2) is 0 Å². The van der Waals surface area contributed by atoms with Crippen LogP contribution < -0.4 is 11.1 Å². The predicted octanol–water partition coefficient (Wildman–Crippen LogP) is 5.32. The summed E-state index contributed by atoms with van der Waals surface area (Å²) >= 11 is 1.72. The molecule has 0 spiro atoms. The van der Waals surface area contributed by atoms with Crippen molar-refractivity contribution in [2.45, 2.75) is 47.6 Å². The zero-order chi connectivity index (χ0) is 20.9. The van der Waals surface area contributed by atoms with Gasteiger partial charge in [-0.1, -0.05) is 54.2 Å². The molecule has 0 atom stereocenters. The lowest BCUT2D eigenvalue weighted by atomic mass is 9.92. The number of rotatable bonds is 6. The minimum atomic E-state index is -0.438. The highest BCUT2D eigenvalue weighted by Crippen LogP contribution is 2.37. The minimum Gasteiger partial charge on any atom is -0.393 e. The Morgan fingerprint density at radius 1 is 0.933 bits per heavy atom. The molecule has 1 fully saturated rings. The molecule has 0 aromatic heterocycles. The molecule has 0 saturated heterocycles. The van der Waals surface area contributed by atoms with E-state index in [1.807, 2.05) is 48.5 Å². The number of hydrogen-bond acceptors (Lipinski definition) is 4. The smallest absolute Gasteiger partial charge is 0.250 e. The van der Waals surface area contributed by atoms with Crippen molar-refractivity contribution >= 4 is 23.4 Å². The maximum atomic E-state index is 12.0. The van der Waals surface area contributed by atoms with Gasteiger partial charge in [0.2, 0.25) is 0 Å². The molecule has 0 heterocycles. The molecule has 1 amide bonds. The second kappa shape index (κ2) is 9.37. The summed E-state index contributed by atoms with van der Waals surface area (Å²) in [6.45, 7) is 0. The van der Waals surface area contributed by atoms with Crippen LogP contribution in [0.1, 0.15) is 36.0 Å². The number of amides is 1. The maximum Gasteiger partial charge on any atom is 0.250 e. The van der Waals surface area contributed by atoms with E-state index in [-0.39, 0.29) is 12.1 Å². The van der Waals surface area contributed by atoms with Gasteiger partial charge in [-0.15, -0.1) is 0 Å². The Morgan fingerprint density at radius 2 is 1.63 bits per heavy atom. The minimum absolute atomic E-state index is 0.216. The first-order valence-corrected chi connectivity index (χ1v) is 11.1. The number of nitrogens with one attached hydrogen (secondary N) is 1. The number of anilines is 1. The summed E-state index contributed by atoms with van der Waals surface area (Å²) in [6, 6.07) is 24.6. The number of hydrogen-bond donors (Lipinski definition) is 3. The third kappa shape index (κ3) is 4.86. The van der Waals surface area contributed by atoms with Gasteiger partial charge in [-0.25, -0.2) is 0 Å². The zero-order valence-corrected chi connectivity index (χ0v) is 17.6. The highest BCUT2D eigenvalue weighted by molar-refractivity contribution is 7.99. The van der Waals surface area contributed by atoms with E-state index in [1.165, 1.54) is 4.90 Å². The van der Waals surface area contributed by atoms with Gasteiger partial charge in [0.1, 0.15) is 0 Å². The molecule has 4 N–H and O–H groups in total. The number of nitrogens with two attached hydrogens (primary N) is 1. The summed E-state index contributed by atoms with van der Waals surface area (Å²) in [6.07, 6.45) is 3.10. The molecule has 0 radical (unpaired) electrons. The van der Waals surface area contributed by atoms with E-state index in [0.29, 0.717) is 5.56 Å². The number of aliphatic hydroxyl groups excluding tert-OH is 1. The molecule has 3 aromatic carbocycles. The Kier molecular flexibility index (Phi) is 6.41. The van der Waals surface area contributed by atoms with Gasteiger partial charge < -0.3 is 16.2 Å². The molecule has 0 aliphatic heterocycles. The van der Waals surface area contributed by atoms with Gasteiger partial charge in [0.25, 0.3) is 5.91 Å². The average Bonchev–Trinajstić information content (AvgIpc) is 2.76. The van der Waals surface area contributed by atoms with E-state index >= 15 is 0 Å². The molecule has 4 rings (SSSR count). The molecular weight excluding hydrogens is 392 g/mol. The fraction of sp³-hybridized carbons (Fsp3) is 0.240. The van der Waals surface area contributed by atoms with Gasteiger partial charge >= 0.3 is 0 Å². The van der Waals surface area contributed by atoms with Gasteiger partial charge in [-0.05, 0) is 67.1 Å². The van der Waals surface area contributed by atoms with Gasteiger partial charge in [-0.2, -0.15) is 0 Å². The molecule has 1 aliphatic rings. The quantitative estimate of drug-likeness (QED) is 0.506. The van der Waals surface area contributed by atoms with Gasteiger partial charge in [0, 0.05) is 21.5 Å². The van der Waals surface area contributed by atoms with Crippen molar-refractivity contribution in [2.75, 3.05) is 5.32 Å². The topological polar surface area (TPSA) is 75.4 Å². The van der Waals surface area contributed by atoms with E-state index in [9.17, 15) is 9.90 Å². The maximum absolute atomic E-state index is 12.0. The number of carbonyl (C=O) groups is 1. The van der Waals surface area contributed by atoms with Crippen molar-refractivity contribution in [1.82, 2.24) is 0 Å². The lowest BCUT2D eigenvalue weighted by Crippen LogP contribution is -2.29. The fourth-order valence-corrected chi connectivity index (χ4v) is 4.89. The fourth-order valence-electron chi connectivity index (χ4n) is 3.90. The molecule has 1 saturated carbocycles. The third-order valence-electron chi connectivity index (χ3n) is 5.51. The van der Waals surface area contributed by atoms with Crippen LogP contribution in [0, 0.1) is 0 Å². The number of benzene rings is 3. The molecule has 0 unspecified atom stereocenters. The van der Waals surface area contributed by atoms with Crippen LogP contribution in [0.3, 0.4) is 0 Å². The summed E-state index contributed by atoms with van der Waals surface area (Å²) in [4.78, 5) is 14.3. The number of aliphatic hydroxyl groups is 1. The Bertz CT molecular complexity index is 1010. The largest absolute Gasteiger partial charge is 0.393 e. The van der Waals surface area contributed by atoms with Crippen LogP contribution >= 0.6 is 11.8 Å². The van der Waals surface area contributed by atoms with Crippen molar-refractivity contribution in [2.24, 2.45) is 5.73 Å². The highest BCUT2D eigenvalue weighted by atomic mass is 32.2. The van der Waals surface area contributed by atoms with Crippen molar-refractivity contribution in [3.63, 3.8) is 0 Å². The van der Waals surface area contributed by atoms with Crippen molar-refractivity contribution in [1.29, 1.82) is 0 Å². The first-order valence-electron chi connectivity index (χ1n) is 10.3. The molecule has 30 heavy (non-hydrogen) atoms. The van der Waals surface area contributed by atoms with Crippen molar-refractivity contribution < 1.29 is 9.90 Å². The number of primary amides is 1. The predicted molar refractivity (Wildman–Crippen MR) is 123 cm³/mol. The SMILES string of the molecule is NC(=O)c1ccc(-c2ccccc2Sc2ccccc2)cc1N[C@H]1CC[C@H](O)CC1. The zero-order valence-electron chi connectivity index (χ0n) is 16.8. The number of carbonyl (C=O) groups excluding carboxylic acids is 1. The van der Waals surface area contributed by atoms with E-state index in [0.717, 1.165) is 47.4 Å². The van der Waals surface area contributed by atoms with Crippen molar-refractivity contribution in [3.8, 4) is 11.1 Å². The summed E-state index contributed by atoms with van der Waals surface area (Å²) in [7, 11) is 0. The summed E-state index contributed by atoms with van der Waals surface area (Å²) in [5, 5.41) is 13.3. The molecule has 5 heteroatoms. The Morgan fingerprint density at radius 3 is 2.37 bits per heavy atom. The Labute approximate surface area is 181 Å².